The maximum absolute atomic E-state index is 12.6. The van der Waals surface area contributed by atoms with Crippen LogP contribution in [0.3, 0.4) is 0 Å². The highest BCUT2D eigenvalue weighted by Gasteiger charge is 2.38. The maximum atomic E-state index is 12.6. The molecular weight excluding hydrogens is 913 g/mol. The van der Waals surface area contributed by atoms with Gasteiger partial charge >= 0.3 is 30.1 Å². The molecule has 1 heterocycles. The first-order chi connectivity index (χ1) is 31.2. The second kappa shape index (κ2) is 27.4. The summed E-state index contributed by atoms with van der Waals surface area (Å²) in [5.74, 6) is -14.8. The number of benzene rings is 1. The van der Waals surface area contributed by atoms with Gasteiger partial charge < -0.3 is 78.8 Å². The Morgan fingerprint density at radius 1 is 0.642 bits per heavy atom. The van der Waals surface area contributed by atoms with Crippen molar-refractivity contribution in [2.75, 3.05) is 26.2 Å². The van der Waals surface area contributed by atoms with Crippen LogP contribution in [0.1, 0.15) is 38.7 Å². The third-order valence-electron chi connectivity index (χ3n) is 8.63. The molecule has 370 valence electrons. The van der Waals surface area contributed by atoms with Gasteiger partial charge in [-0.1, -0.05) is 18.2 Å². The number of carboxylic acid groups (broad SMARTS) is 4. The smallest absolute Gasteiger partial charge is 0.481 e. The van der Waals surface area contributed by atoms with Gasteiger partial charge in [0.15, 0.2) is 0 Å². The van der Waals surface area contributed by atoms with Crippen molar-refractivity contribution in [2.24, 2.45) is 5.73 Å². The number of fused-ring (bicyclic) bond motifs is 1. The van der Waals surface area contributed by atoms with E-state index in [1.54, 1.807) is 6.20 Å². The van der Waals surface area contributed by atoms with Crippen molar-refractivity contribution >= 4 is 82.0 Å². The second-order valence-corrected chi connectivity index (χ2v) is 14.0. The molecule has 2 aromatic rings. The average molecular weight is 963 g/mol. The van der Waals surface area contributed by atoms with Gasteiger partial charge in [0.2, 0.25) is 47.3 Å². The quantitative estimate of drug-likeness (QED) is 0.0443. The molecule has 16 N–H and O–H groups in total. The Labute approximate surface area is 375 Å². The van der Waals surface area contributed by atoms with E-state index in [0.717, 1.165) is 23.4 Å². The fraction of sp³-hybridized carbons (Fsp3) is 0.459. The molecule has 30 heteroatoms. The Hall–Kier alpha value is -7.89. The lowest BCUT2D eigenvalue weighted by molar-refractivity contribution is -0.192. The van der Waals surface area contributed by atoms with Crippen molar-refractivity contribution in [3.8, 4) is 0 Å². The molecular formula is C37H49F3N10O17. The van der Waals surface area contributed by atoms with E-state index >= 15 is 0 Å². The first-order valence-electron chi connectivity index (χ1n) is 19.4. The number of alkyl halides is 3. The molecule has 67 heavy (non-hydrogen) atoms. The van der Waals surface area contributed by atoms with Crippen LogP contribution >= 0.6 is 0 Å². The lowest BCUT2D eigenvalue weighted by Crippen LogP contribution is -2.56. The highest BCUT2D eigenvalue weighted by Crippen LogP contribution is 2.19. The SMILES string of the molecule is C[C@H](NC(=O)C[C@H](NC(=O)CNC(=O)CNC(=O)[C@H](C)NC(=O)[C@@H](N)Cc1c[nH]c2ccccc12)C(=O)O)C(=O)N[C@@H](CO)C(=O)NCC(=O)N[C@@H](CCC(=O)O)C(=O)O.O=C(O)C(F)(F)F. The van der Waals surface area contributed by atoms with Crippen molar-refractivity contribution in [1.82, 2.24) is 47.5 Å². The minimum atomic E-state index is -5.08. The van der Waals surface area contributed by atoms with Gasteiger partial charge in [0, 0.05) is 23.5 Å². The number of H-pyrrole nitrogens is 1. The number of carboxylic acids is 4. The Morgan fingerprint density at radius 2 is 1.16 bits per heavy atom. The lowest BCUT2D eigenvalue weighted by Gasteiger charge is -2.21. The van der Waals surface area contributed by atoms with Crippen LogP contribution < -0.4 is 48.3 Å². The summed E-state index contributed by atoms with van der Waals surface area (Å²) in [5.41, 5.74) is 7.71. The maximum Gasteiger partial charge on any atom is 0.490 e. The number of aliphatic carboxylic acids is 4. The summed E-state index contributed by atoms with van der Waals surface area (Å²) < 4.78 is 31.7. The highest BCUT2D eigenvalue weighted by molar-refractivity contribution is 5.96. The summed E-state index contributed by atoms with van der Waals surface area (Å²) in [6.45, 7) is -0.717. The van der Waals surface area contributed by atoms with Gasteiger partial charge in [0.1, 0.15) is 30.2 Å². The molecule has 0 saturated heterocycles. The molecule has 0 aliphatic rings. The third-order valence-corrected chi connectivity index (χ3v) is 8.63. The summed E-state index contributed by atoms with van der Waals surface area (Å²) in [7, 11) is 0. The molecule has 0 fully saturated rings. The molecule has 0 aliphatic carbocycles. The molecule has 0 spiro atoms. The monoisotopic (exact) mass is 962 g/mol. The van der Waals surface area contributed by atoms with E-state index in [4.69, 9.17) is 25.8 Å². The minimum absolute atomic E-state index is 0.181. The van der Waals surface area contributed by atoms with Gasteiger partial charge in [0.25, 0.3) is 0 Å². The number of carbonyl (C=O) groups excluding carboxylic acids is 8. The van der Waals surface area contributed by atoms with E-state index in [1.165, 1.54) is 6.92 Å². The van der Waals surface area contributed by atoms with Crippen molar-refractivity contribution < 1.29 is 96.2 Å². The van der Waals surface area contributed by atoms with Crippen molar-refractivity contribution in [2.45, 2.75) is 82.0 Å². The standard InChI is InChI=1S/C35H48N10O15.C2HF3O2/c1-16(42-32(55)20(36)9-18-11-37-21-6-4-3-5-19(18)21)30(53)39-12-26(48)38-13-27(49)44-23(35(59)60)10-25(47)41-17(2)31(54)45-24(15-46)33(56)40-14-28(50)43-22(34(57)58)7-8-29(51)52;3-2(4,5)1(6)7/h3-6,11,16-17,20,22-24,37,46H,7-10,12-15,36H2,1-2H3,(H,38,48)(H,39,53)(H,40,56)(H,41,47)(H,42,55)(H,43,50)(H,44,49)(H,45,54)(H,51,52)(H,57,58)(H,59,60);(H,6,7)/t16-,17-,20-,22-,23-,24-;/m0./s1. The van der Waals surface area contributed by atoms with Gasteiger partial charge in [-0.2, -0.15) is 13.2 Å². The number of aliphatic hydroxyl groups excluding tert-OH is 1. The van der Waals surface area contributed by atoms with Crippen molar-refractivity contribution in [3.05, 3.63) is 36.0 Å². The number of nitrogens with one attached hydrogen (secondary N) is 9. The van der Waals surface area contributed by atoms with E-state index in [9.17, 15) is 76.1 Å². The van der Waals surface area contributed by atoms with Crippen LogP contribution in [0.4, 0.5) is 13.2 Å². The molecule has 6 atom stereocenters. The molecule has 1 aromatic carbocycles. The normalized spacial score (nSPS) is 13.5. The van der Waals surface area contributed by atoms with Gasteiger partial charge in [-0.05, 0) is 38.3 Å². The number of rotatable bonds is 25. The third kappa shape index (κ3) is 21.6. The Kier molecular flexibility index (Phi) is 23.4. The number of para-hydroxylation sites is 1. The fourth-order valence-electron chi connectivity index (χ4n) is 5.13. The van der Waals surface area contributed by atoms with Crippen molar-refractivity contribution in [3.63, 3.8) is 0 Å². The molecule has 0 radical (unpaired) electrons. The molecule has 0 aliphatic heterocycles. The first-order valence-corrected chi connectivity index (χ1v) is 19.4. The summed E-state index contributed by atoms with van der Waals surface area (Å²) in [5, 5.41) is 62.1. The molecule has 27 nitrogen and oxygen atoms in total. The summed E-state index contributed by atoms with van der Waals surface area (Å²) in [6.07, 6.45) is -5.08. The van der Waals surface area contributed by atoms with E-state index in [0.29, 0.717) is 0 Å². The van der Waals surface area contributed by atoms with Crippen LogP contribution in [0.2, 0.25) is 0 Å². The number of aromatic amines is 1. The number of aromatic nitrogens is 1. The molecule has 8 amide bonds. The topological polar surface area (TPSA) is 444 Å². The van der Waals surface area contributed by atoms with Gasteiger partial charge in [0.05, 0.1) is 38.7 Å². The predicted octanol–water partition coefficient (Wildman–Crippen LogP) is -5.10. The number of hydrogen-bond donors (Lipinski definition) is 15. The van der Waals surface area contributed by atoms with Crippen LogP contribution in [0, 0.1) is 0 Å². The molecule has 1 aromatic heterocycles. The van der Waals surface area contributed by atoms with E-state index in [1.807, 2.05) is 40.2 Å². The highest BCUT2D eigenvalue weighted by atomic mass is 19.4. The van der Waals surface area contributed by atoms with Crippen LogP contribution in [0.15, 0.2) is 30.5 Å². The minimum Gasteiger partial charge on any atom is -0.481 e. The number of hydrogen-bond acceptors (Lipinski definition) is 14. The number of carbonyl (C=O) groups is 12. The molecule has 0 bridgehead atoms. The average Bonchev–Trinajstić information content (AvgIpc) is 3.65. The summed E-state index contributed by atoms with van der Waals surface area (Å²) in [4.78, 5) is 145. The fourth-order valence-corrected chi connectivity index (χ4v) is 5.13. The van der Waals surface area contributed by atoms with Gasteiger partial charge in [-0.15, -0.1) is 0 Å². The Bertz CT molecular complexity index is 2150. The van der Waals surface area contributed by atoms with Crippen LogP contribution in [0.5, 0.6) is 0 Å². The molecule has 2 rings (SSSR count). The zero-order chi connectivity index (χ0) is 51.2. The van der Waals surface area contributed by atoms with E-state index < -0.39 is 159 Å². The van der Waals surface area contributed by atoms with Crippen molar-refractivity contribution in [1.29, 1.82) is 0 Å². The summed E-state index contributed by atoms with van der Waals surface area (Å²) in [6, 6.07) is -1.19. The van der Waals surface area contributed by atoms with Crippen LogP contribution in [0.25, 0.3) is 10.9 Å². The van der Waals surface area contributed by atoms with Crippen LogP contribution in [-0.2, 0) is 64.0 Å². The lowest BCUT2D eigenvalue weighted by atomic mass is 10.0. The zero-order valence-electron chi connectivity index (χ0n) is 35.4. The number of amides is 8. The first kappa shape index (κ1) is 57.1. The van der Waals surface area contributed by atoms with E-state index in [-0.39, 0.29) is 6.42 Å². The number of aliphatic hydroxyl groups is 1. The largest absolute Gasteiger partial charge is 0.490 e. The second-order valence-electron chi connectivity index (χ2n) is 14.0. The Balaban J connectivity index is 0.00000295. The summed E-state index contributed by atoms with van der Waals surface area (Å²) >= 11 is 0. The van der Waals surface area contributed by atoms with Gasteiger partial charge in [-0.3, -0.25) is 43.2 Å². The Morgan fingerprint density at radius 3 is 1.72 bits per heavy atom. The predicted molar refractivity (Wildman–Crippen MR) is 218 cm³/mol. The number of halogens is 3. The van der Waals surface area contributed by atoms with Gasteiger partial charge in [-0.25, -0.2) is 14.4 Å². The number of nitrogens with two attached hydrogens (primary N) is 1. The zero-order valence-corrected chi connectivity index (χ0v) is 35.4. The molecule has 0 unspecified atom stereocenters. The van der Waals surface area contributed by atoms with E-state index in [2.05, 4.69) is 31.6 Å². The molecule has 0 saturated carbocycles. The van der Waals surface area contributed by atoms with Crippen LogP contribution in [-0.4, -0.2) is 170 Å².